The second-order valence-corrected chi connectivity index (χ2v) is 10.1. The van der Waals surface area contributed by atoms with Crippen LogP contribution < -0.4 is 0 Å². The third-order valence-corrected chi connectivity index (χ3v) is 5.66. The highest BCUT2D eigenvalue weighted by molar-refractivity contribution is 4.84. The molecule has 4 atom stereocenters. The molecule has 0 aromatic rings. The smallest absolute Gasteiger partial charge is 0.0494 e. The SMILES string of the molecule is CC1CC(COCC2CC(C)CC(C)(C)C2)CC(C)(C)C1. The van der Waals surface area contributed by atoms with Crippen molar-refractivity contribution >= 4 is 0 Å². The summed E-state index contributed by atoms with van der Waals surface area (Å²) in [5.74, 6) is 3.32. The summed E-state index contributed by atoms with van der Waals surface area (Å²) in [6, 6.07) is 0. The van der Waals surface area contributed by atoms with Crippen LogP contribution in [0.2, 0.25) is 0 Å². The topological polar surface area (TPSA) is 9.23 Å². The van der Waals surface area contributed by atoms with Gasteiger partial charge in [-0.25, -0.2) is 0 Å². The van der Waals surface area contributed by atoms with Crippen molar-refractivity contribution in [2.24, 2.45) is 34.5 Å². The van der Waals surface area contributed by atoms with Crippen LogP contribution in [0.4, 0.5) is 0 Å². The Morgan fingerprint density at radius 3 is 1.43 bits per heavy atom. The van der Waals surface area contributed by atoms with Gasteiger partial charge in [-0.3, -0.25) is 0 Å². The summed E-state index contributed by atoms with van der Waals surface area (Å²) >= 11 is 0. The van der Waals surface area contributed by atoms with E-state index in [0.717, 1.165) is 36.9 Å². The minimum atomic E-state index is 0.521. The minimum absolute atomic E-state index is 0.521. The van der Waals surface area contributed by atoms with Crippen molar-refractivity contribution in [1.29, 1.82) is 0 Å². The molecule has 0 heterocycles. The molecule has 2 aliphatic rings. The van der Waals surface area contributed by atoms with Gasteiger partial charge in [-0.2, -0.15) is 0 Å². The molecule has 1 heteroatoms. The van der Waals surface area contributed by atoms with Gasteiger partial charge in [0.25, 0.3) is 0 Å². The molecule has 0 radical (unpaired) electrons. The molecular weight excluding hydrogens is 256 g/mol. The highest BCUT2D eigenvalue weighted by Gasteiger charge is 2.34. The fourth-order valence-corrected chi connectivity index (χ4v) is 5.74. The Kier molecular flexibility index (Phi) is 5.45. The minimum Gasteiger partial charge on any atom is -0.381 e. The monoisotopic (exact) mass is 294 g/mol. The molecule has 0 spiro atoms. The van der Waals surface area contributed by atoms with Gasteiger partial charge in [0.05, 0.1) is 0 Å². The molecule has 0 aromatic heterocycles. The Labute approximate surface area is 133 Å². The molecule has 2 aliphatic carbocycles. The van der Waals surface area contributed by atoms with Gasteiger partial charge >= 0.3 is 0 Å². The van der Waals surface area contributed by atoms with E-state index in [9.17, 15) is 0 Å². The van der Waals surface area contributed by atoms with Crippen LogP contribution in [0, 0.1) is 34.5 Å². The fraction of sp³-hybridized carbons (Fsp3) is 1.00. The first kappa shape index (κ1) is 17.3. The van der Waals surface area contributed by atoms with Gasteiger partial charge < -0.3 is 4.74 Å². The lowest BCUT2D eigenvalue weighted by atomic mass is 9.68. The molecule has 0 aliphatic heterocycles. The molecule has 4 unspecified atom stereocenters. The van der Waals surface area contributed by atoms with Crippen LogP contribution in [0.15, 0.2) is 0 Å². The lowest BCUT2D eigenvalue weighted by Gasteiger charge is -2.40. The molecule has 21 heavy (non-hydrogen) atoms. The summed E-state index contributed by atoms with van der Waals surface area (Å²) in [6.45, 7) is 16.6. The van der Waals surface area contributed by atoms with E-state index in [4.69, 9.17) is 4.74 Å². The van der Waals surface area contributed by atoms with Crippen LogP contribution >= 0.6 is 0 Å². The van der Waals surface area contributed by atoms with Gasteiger partial charge in [0, 0.05) is 13.2 Å². The maximum atomic E-state index is 6.20. The standard InChI is InChI=1S/C20H38O/c1-15-7-17(11-19(3,4)9-15)13-21-14-18-8-16(2)10-20(5,6)12-18/h15-18H,7-14H2,1-6H3. The van der Waals surface area contributed by atoms with E-state index < -0.39 is 0 Å². The summed E-state index contributed by atoms with van der Waals surface area (Å²) in [7, 11) is 0. The zero-order valence-corrected chi connectivity index (χ0v) is 15.4. The Balaban J connectivity index is 1.74. The first-order valence-corrected chi connectivity index (χ1v) is 9.23. The van der Waals surface area contributed by atoms with E-state index in [1.54, 1.807) is 0 Å². The Bertz CT molecular complexity index is 299. The molecule has 0 N–H and O–H groups in total. The van der Waals surface area contributed by atoms with Crippen molar-refractivity contribution in [2.45, 2.75) is 80.1 Å². The van der Waals surface area contributed by atoms with Crippen molar-refractivity contribution in [3.63, 3.8) is 0 Å². The summed E-state index contributed by atoms with van der Waals surface area (Å²) in [5.41, 5.74) is 1.04. The molecule has 2 fully saturated rings. The summed E-state index contributed by atoms with van der Waals surface area (Å²) in [6.07, 6.45) is 8.22. The number of hydrogen-bond acceptors (Lipinski definition) is 1. The normalized spacial score (nSPS) is 39.1. The average Bonchev–Trinajstić information content (AvgIpc) is 2.22. The summed E-state index contributed by atoms with van der Waals surface area (Å²) in [5, 5.41) is 0. The first-order valence-electron chi connectivity index (χ1n) is 9.23. The quantitative estimate of drug-likeness (QED) is 0.624. The zero-order chi connectivity index (χ0) is 15.7. The van der Waals surface area contributed by atoms with E-state index >= 15 is 0 Å². The number of rotatable bonds is 4. The van der Waals surface area contributed by atoms with Gasteiger partial charge in [0.15, 0.2) is 0 Å². The Morgan fingerprint density at radius 2 is 1.10 bits per heavy atom. The average molecular weight is 295 g/mol. The third-order valence-electron chi connectivity index (χ3n) is 5.66. The van der Waals surface area contributed by atoms with Crippen molar-refractivity contribution < 1.29 is 4.74 Å². The van der Waals surface area contributed by atoms with E-state index in [1.165, 1.54) is 38.5 Å². The highest BCUT2D eigenvalue weighted by Crippen LogP contribution is 2.43. The Morgan fingerprint density at radius 1 is 0.714 bits per heavy atom. The molecular formula is C20H38O. The van der Waals surface area contributed by atoms with Crippen molar-refractivity contribution in [2.75, 3.05) is 13.2 Å². The molecule has 0 aromatic carbocycles. The van der Waals surface area contributed by atoms with Gasteiger partial charge in [-0.05, 0) is 73.0 Å². The lowest BCUT2D eigenvalue weighted by Crippen LogP contribution is -2.32. The maximum Gasteiger partial charge on any atom is 0.0494 e. The molecule has 124 valence electrons. The number of hydrogen-bond donors (Lipinski definition) is 0. The van der Waals surface area contributed by atoms with Crippen molar-refractivity contribution in [1.82, 2.24) is 0 Å². The van der Waals surface area contributed by atoms with Crippen LogP contribution in [-0.2, 0) is 4.74 Å². The summed E-state index contributed by atoms with van der Waals surface area (Å²) < 4.78 is 6.20. The van der Waals surface area contributed by atoms with E-state index in [0.29, 0.717) is 10.8 Å². The van der Waals surface area contributed by atoms with Gasteiger partial charge in [-0.1, -0.05) is 41.5 Å². The van der Waals surface area contributed by atoms with E-state index in [1.807, 2.05) is 0 Å². The van der Waals surface area contributed by atoms with Crippen molar-refractivity contribution in [3.8, 4) is 0 Å². The molecule has 2 saturated carbocycles. The van der Waals surface area contributed by atoms with Gasteiger partial charge in [-0.15, -0.1) is 0 Å². The predicted octanol–water partition coefficient (Wildman–Crippen LogP) is 5.93. The van der Waals surface area contributed by atoms with Crippen LogP contribution in [0.25, 0.3) is 0 Å². The molecule has 0 amide bonds. The molecule has 0 saturated heterocycles. The Hall–Kier alpha value is -0.0400. The molecule has 0 bridgehead atoms. The second kappa shape index (κ2) is 6.60. The first-order chi connectivity index (χ1) is 9.65. The van der Waals surface area contributed by atoms with Crippen LogP contribution in [0.5, 0.6) is 0 Å². The largest absolute Gasteiger partial charge is 0.381 e. The summed E-state index contributed by atoms with van der Waals surface area (Å²) in [4.78, 5) is 0. The van der Waals surface area contributed by atoms with Gasteiger partial charge in [0.2, 0.25) is 0 Å². The predicted molar refractivity (Wildman–Crippen MR) is 91.4 cm³/mol. The van der Waals surface area contributed by atoms with Crippen LogP contribution in [-0.4, -0.2) is 13.2 Å². The third kappa shape index (κ3) is 5.58. The highest BCUT2D eigenvalue weighted by atomic mass is 16.5. The lowest BCUT2D eigenvalue weighted by molar-refractivity contribution is 0.00252. The number of ether oxygens (including phenoxy) is 1. The maximum absolute atomic E-state index is 6.20. The van der Waals surface area contributed by atoms with Crippen LogP contribution in [0.3, 0.4) is 0 Å². The van der Waals surface area contributed by atoms with E-state index in [-0.39, 0.29) is 0 Å². The van der Waals surface area contributed by atoms with E-state index in [2.05, 4.69) is 41.5 Å². The van der Waals surface area contributed by atoms with Gasteiger partial charge in [0.1, 0.15) is 0 Å². The zero-order valence-electron chi connectivity index (χ0n) is 15.4. The van der Waals surface area contributed by atoms with Crippen molar-refractivity contribution in [3.05, 3.63) is 0 Å². The molecule has 1 nitrogen and oxygen atoms in total. The molecule has 2 rings (SSSR count). The van der Waals surface area contributed by atoms with Crippen LogP contribution in [0.1, 0.15) is 80.1 Å². The fourth-order valence-electron chi connectivity index (χ4n) is 5.74. The second-order valence-electron chi connectivity index (χ2n) is 10.1.